The Kier molecular flexibility index (Phi) is 5.54. The Morgan fingerprint density at radius 2 is 2.00 bits per heavy atom. The van der Waals surface area contributed by atoms with Gasteiger partial charge in [-0.05, 0) is 48.6 Å². The van der Waals surface area contributed by atoms with Crippen LogP contribution in [0.2, 0.25) is 0 Å². The van der Waals surface area contributed by atoms with Crippen LogP contribution in [0, 0.1) is 5.92 Å². The van der Waals surface area contributed by atoms with E-state index in [0.717, 1.165) is 11.6 Å². The third-order valence-corrected chi connectivity index (χ3v) is 4.56. The van der Waals surface area contributed by atoms with E-state index in [1.807, 2.05) is 13.8 Å². The first-order chi connectivity index (χ1) is 13.1. The number of rotatable bonds is 6. The van der Waals surface area contributed by atoms with Gasteiger partial charge in [-0.2, -0.15) is 13.2 Å². The van der Waals surface area contributed by atoms with Crippen LogP contribution in [0.25, 0.3) is 11.1 Å². The predicted molar refractivity (Wildman–Crippen MR) is 103 cm³/mol. The highest BCUT2D eigenvalue weighted by atomic mass is 19.4. The van der Waals surface area contributed by atoms with E-state index in [-0.39, 0.29) is 12.4 Å². The maximum atomic E-state index is 13.7. The molecule has 3 rings (SSSR count). The molecule has 0 amide bonds. The summed E-state index contributed by atoms with van der Waals surface area (Å²) < 4.78 is 46.6. The lowest BCUT2D eigenvalue weighted by atomic mass is 9.93. The first-order valence-corrected chi connectivity index (χ1v) is 9.17. The average molecular weight is 394 g/mol. The summed E-state index contributed by atoms with van der Waals surface area (Å²) in [4.78, 5) is 4.18. The Morgan fingerprint density at radius 3 is 2.68 bits per heavy atom. The number of hydrogen-bond donors (Lipinski definition) is 3. The number of fused-ring (bicyclic) bond motifs is 1. The normalized spacial score (nSPS) is 15.9. The first kappa shape index (κ1) is 20.4. The Balaban J connectivity index is 1.93. The zero-order valence-corrected chi connectivity index (χ0v) is 16.2. The number of nitrogens with one attached hydrogen (secondary N) is 2. The minimum Gasteiger partial charge on any atom is -0.491 e. The molecule has 0 radical (unpaired) electrons. The third-order valence-electron chi connectivity index (χ3n) is 4.56. The molecule has 1 aliphatic heterocycles. The van der Waals surface area contributed by atoms with E-state index >= 15 is 0 Å². The van der Waals surface area contributed by atoms with Gasteiger partial charge in [-0.25, -0.2) is 10.4 Å². The highest BCUT2D eigenvalue weighted by Gasteiger charge is 2.35. The van der Waals surface area contributed by atoms with Crippen molar-refractivity contribution in [3.05, 3.63) is 41.6 Å². The van der Waals surface area contributed by atoms with Crippen molar-refractivity contribution in [2.45, 2.75) is 45.5 Å². The van der Waals surface area contributed by atoms with Gasteiger partial charge in [0.1, 0.15) is 18.2 Å². The lowest BCUT2D eigenvalue weighted by Crippen LogP contribution is -2.43. The molecule has 0 bridgehead atoms. The molecule has 4 N–H and O–H groups in total. The van der Waals surface area contributed by atoms with Crippen LogP contribution in [-0.2, 0) is 12.7 Å². The first-order valence-electron chi connectivity index (χ1n) is 9.17. The number of pyridine rings is 1. The summed E-state index contributed by atoms with van der Waals surface area (Å²) in [7, 11) is 0. The highest BCUT2D eigenvalue weighted by molar-refractivity contribution is 5.74. The molecule has 5 nitrogen and oxygen atoms in total. The highest BCUT2D eigenvalue weighted by Crippen LogP contribution is 2.40. The number of anilines is 1. The monoisotopic (exact) mass is 394 g/mol. The quantitative estimate of drug-likeness (QED) is 0.680. The van der Waals surface area contributed by atoms with Gasteiger partial charge in [0.15, 0.2) is 0 Å². The van der Waals surface area contributed by atoms with E-state index in [9.17, 15) is 13.2 Å². The summed E-state index contributed by atoms with van der Waals surface area (Å²) in [6.07, 6.45) is -2.33. The Labute approximate surface area is 162 Å². The summed E-state index contributed by atoms with van der Waals surface area (Å²) in [6.45, 7) is 6.30. The topological polar surface area (TPSA) is 72.2 Å². The van der Waals surface area contributed by atoms with Gasteiger partial charge >= 0.3 is 6.18 Å². The van der Waals surface area contributed by atoms with E-state index in [2.05, 4.69) is 15.8 Å². The van der Waals surface area contributed by atoms with Gasteiger partial charge in [0, 0.05) is 23.8 Å². The second-order valence-electron chi connectivity index (χ2n) is 7.91. The number of hydrogen-bond acceptors (Lipinski definition) is 5. The zero-order chi connectivity index (χ0) is 20.5. The molecule has 0 saturated heterocycles. The minimum atomic E-state index is -4.54. The molecule has 0 fully saturated rings. The van der Waals surface area contributed by atoms with E-state index in [0.29, 0.717) is 35.8 Å². The van der Waals surface area contributed by atoms with Crippen molar-refractivity contribution in [2.75, 3.05) is 12.0 Å². The number of ether oxygens (including phenoxy) is 1. The summed E-state index contributed by atoms with van der Waals surface area (Å²) in [5.41, 5.74) is 12.5. The third kappa shape index (κ3) is 4.56. The van der Waals surface area contributed by atoms with Crippen LogP contribution < -0.4 is 21.3 Å². The van der Waals surface area contributed by atoms with Crippen LogP contribution in [0.3, 0.4) is 0 Å². The van der Waals surface area contributed by atoms with Crippen molar-refractivity contribution in [3.63, 3.8) is 0 Å². The van der Waals surface area contributed by atoms with Crippen molar-refractivity contribution in [1.29, 1.82) is 0 Å². The number of nitrogens with zero attached hydrogens (tertiary/aromatic N) is 1. The van der Waals surface area contributed by atoms with Gasteiger partial charge in [0.25, 0.3) is 0 Å². The fourth-order valence-corrected chi connectivity index (χ4v) is 3.54. The molecule has 2 heterocycles. The minimum absolute atomic E-state index is 0.00605. The largest absolute Gasteiger partial charge is 0.491 e. The molecule has 0 saturated carbocycles. The second-order valence-corrected chi connectivity index (χ2v) is 7.91. The lowest BCUT2D eigenvalue weighted by molar-refractivity contribution is -0.139. The number of nitrogens with two attached hydrogens (primary N) is 1. The molecule has 0 spiro atoms. The van der Waals surface area contributed by atoms with Crippen LogP contribution in [0.5, 0.6) is 5.75 Å². The van der Waals surface area contributed by atoms with Crippen molar-refractivity contribution in [2.24, 2.45) is 11.7 Å². The van der Waals surface area contributed by atoms with Crippen LogP contribution in [0.4, 0.5) is 19.0 Å². The number of halogens is 3. The molecule has 8 heteroatoms. The second kappa shape index (κ2) is 7.60. The van der Waals surface area contributed by atoms with Crippen molar-refractivity contribution < 1.29 is 17.9 Å². The van der Waals surface area contributed by atoms with Gasteiger partial charge in [-0.1, -0.05) is 19.9 Å². The van der Waals surface area contributed by atoms with Crippen molar-refractivity contribution in [3.8, 4) is 16.9 Å². The van der Waals surface area contributed by atoms with Crippen LogP contribution >= 0.6 is 0 Å². The maximum absolute atomic E-state index is 13.7. The predicted octanol–water partition coefficient (Wildman–Crippen LogP) is 4.34. The molecule has 1 aliphatic rings. The van der Waals surface area contributed by atoms with E-state index in [4.69, 9.17) is 10.5 Å². The number of benzene rings is 1. The smallest absolute Gasteiger partial charge is 0.419 e. The van der Waals surface area contributed by atoms with Gasteiger partial charge < -0.3 is 15.9 Å². The average Bonchev–Trinajstić information content (AvgIpc) is 3.06. The molecular formula is C20H25F3N4O. The van der Waals surface area contributed by atoms with Gasteiger partial charge in [0.2, 0.25) is 0 Å². The molecule has 152 valence electrons. The standard InChI is InChI=1S/C20H25F3N4O/c1-12(2)9-19(3,24)11-28-17-5-4-13(8-16(17)20(21,22)23)14-6-7-25-18-15(14)10-26-27-18/h4-8,12,26H,9-11,24H2,1-3H3,(H,25,27)/t19-/m0/s1. The molecule has 1 aromatic heterocycles. The summed E-state index contributed by atoms with van der Waals surface area (Å²) in [5, 5.41) is 0. The van der Waals surface area contributed by atoms with Crippen molar-refractivity contribution >= 4 is 5.82 Å². The van der Waals surface area contributed by atoms with Crippen LogP contribution in [0.1, 0.15) is 38.3 Å². The van der Waals surface area contributed by atoms with Gasteiger partial charge in [-0.3, -0.25) is 0 Å². The van der Waals surface area contributed by atoms with E-state index in [1.54, 1.807) is 25.3 Å². The zero-order valence-electron chi connectivity index (χ0n) is 16.2. The van der Waals surface area contributed by atoms with E-state index < -0.39 is 17.3 Å². The number of aromatic nitrogens is 1. The summed E-state index contributed by atoms with van der Waals surface area (Å²) in [5.74, 6) is 0.733. The number of hydrazine groups is 1. The molecule has 28 heavy (non-hydrogen) atoms. The van der Waals surface area contributed by atoms with E-state index in [1.165, 1.54) is 6.07 Å². The van der Waals surface area contributed by atoms with Crippen LogP contribution in [0.15, 0.2) is 30.5 Å². The number of alkyl halides is 3. The summed E-state index contributed by atoms with van der Waals surface area (Å²) in [6, 6.07) is 5.84. The Hall–Kier alpha value is -2.32. The van der Waals surface area contributed by atoms with Crippen LogP contribution in [-0.4, -0.2) is 17.1 Å². The molecule has 0 aliphatic carbocycles. The maximum Gasteiger partial charge on any atom is 0.419 e. The van der Waals surface area contributed by atoms with Gasteiger partial charge in [-0.15, -0.1) is 0 Å². The van der Waals surface area contributed by atoms with Gasteiger partial charge in [0.05, 0.1) is 5.56 Å². The molecular weight excluding hydrogens is 369 g/mol. The summed E-state index contributed by atoms with van der Waals surface area (Å²) >= 11 is 0. The fraction of sp³-hybridized carbons (Fsp3) is 0.450. The van der Waals surface area contributed by atoms with Crippen molar-refractivity contribution in [1.82, 2.24) is 10.4 Å². The molecule has 1 atom stereocenters. The SMILES string of the molecule is CC(C)C[C@](C)(N)COc1ccc(-c2ccnc3c2CNN3)cc1C(F)(F)F. The molecule has 0 unspecified atom stereocenters. The Morgan fingerprint density at radius 1 is 1.25 bits per heavy atom. The Bertz CT molecular complexity index is 850. The lowest BCUT2D eigenvalue weighted by Gasteiger charge is -2.27. The molecule has 2 aromatic rings. The molecule has 1 aromatic carbocycles. The fourth-order valence-electron chi connectivity index (χ4n) is 3.54.